The van der Waals surface area contributed by atoms with Crippen LogP contribution in [0, 0.1) is 5.92 Å². The molecule has 1 aliphatic rings. The van der Waals surface area contributed by atoms with Crippen molar-refractivity contribution in [3.8, 4) is 0 Å². The second kappa shape index (κ2) is 5.40. The van der Waals surface area contributed by atoms with E-state index in [0.29, 0.717) is 16.5 Å². The Labute approximate surface area is 115 Å². The van der Waals surface area contributed by atoms with Gasteiger partial charge in [-0.05, 0) is 43.9 Å². The van der Waals surface area contributed by atoms with Gasteiger partial charge < -0.3 is 4.90 Å². The number of rotatable bonds is 4. The molecule has 92 valence electrons. The number of hydrogen-bond donors (Lipinski definition) is 0. The molecule has 1 aromatic rings. The third kappa shape index (κ3) is 3.23. The molecule has 1 fully saturated rings. The van der Waals surface area contributed by atoms with E-state index in [-0.39, 0.29) is 5.91 Å². The normalized spacial score (nSPS) is 14.8. The third-order valence-corrected chi connectivity index (χ3v) is 3.83. The van der Waals surface area contributed by atoms with E-state index in [4.69, 9.17) is 11.6 Å². The fraction of sp³-hybridized carbons (Fsp3) is 0.462. The highest BCUT2D eigenvalue weighted by molar-refractivity contribution is 9.10. The van der Waals surface area contributed by atoms with E-state index < -0.39 is 0 Å². The fourth-order valence-corrected chi connectivity index (χ4v) is 2.36. The lowest BCUT2D eigenvalue weighted by Crippen LogP contribution is -2.32. The Morgan fingerprint density at radius 2 is 2.24 bits per heavy atom. The van der Waals surface area contributed by atoms with Gasteiger partial charge in [0.1, 0.15) is 0 Å². The van der Waals surface area contributed by atoms with E-state index in [1.165, 1.54) is 12.8 Å². The summed E-state index contributed by atoms with van der Waals surface area (Å²) in [5, 5.41) is 0.521. The Morgan fingerprint density at radius 1 is 1.53 bits per heavy atom. The fourth-order valence-electron chi connectivity index (χ4n) is 1.80. The summed E-state index contributed by atoms with van der Waals surface area (Å²) >= 11 is 9.45. The summed E-state index contributed by atoms with van der Waals surface area (Å²) in [5.74, 6) is 0.732. The van der Waals surface area contributed by atoms with E-state index in [0.717, 1.165) is 17.6 Å². The van der Waals surface area contributed by atoms with Gasteiger partial charge in [-0.3, -0.25) is 4.79 Å². The summed E-state index contributed by atoms with van der Waals surface area (Å²) in [5.41, 5.74) is 0.587. The van der Waals surface area contributed by atoms with E-state index in [2.05, 4.69) is 15.9 Å². The van der Waals surface area contributed by atoms with Crippen LogP contribution in [0.1, 0.15) is 30.1 Å². The van der Waals surface area contributed by atoms with Gasteiger partial charge in [0, 0.05) is 17.6 Å². The lowest BCUT2D eigenvalue weighted by Gasteiger charge is -2.21. The Bertz CT molecular complexity index is 431. The molecule has 17 heavy (non-hydrogen) atoms. The molecule has 0 aromatic heterocycles. The van der Waals surface area contributed by atoms with E-state index in [1.54, 1.807) is 12.1 Å². The molecule has 0 radical (unpaired) electrons. The molecule has 0 atom stereocenters. The van der Waals surface area contributed by atoms with Crippen molar-refractivity contribution in [3.05, 3.63) is 33.3 Å². The molecule has 0 spiro atoms. The standard InChI is InChI=1S/C13H15BrClNO/c1-2-16(8-9-3-4-9)13(17)11-7-10(14)5-6-12(11)15/h5-7,9H,2-4,8H2,1H3. The first-order valence-corrected chi connectivity index (χ1v) is 7.03. The van der Waals surface area contributed by atoms with E-state index in [1.807, 2.05) is 17.9 Å². The summed E-state index contributed by atoms with van der Waals surface area (Å²) in [6.07, 6.45) is 2.49. The molecule has 1 aliphatic carbocycles. The number of nitrogens with zero attached hydrogens (tertiary/aromatic N) is 1. The van der Waals surface area contributed by atoms with Crippen LogP contribution in [-0.4, -0.2) is 23.9 Å². The van der Waals surface area contributed by atoms with Gasteiger partial charge in [0.15, 0.2) is 0 Å². The van der Waals surface area contributed by atoms with Gasteiger partial charge in [-0.1, -0.05) is 27.5 Å². The predicted octanol–water partition coefficient (Wildman–Crippen LogP) is 3.97. The zero-order chi connectivity index (χ0) is 12.4. The summed E-state index contributed by atoms with van der Waals surface area (Å²) in [6, 6.07) is 5.39. The van der Waals surface area contributed by atoms with Crippen molar-refractivity contribution < 1.29 is 4.79 Å². The third-order valence-electron chi connectivity index (χ3n) is 3.00. The van der Waals surface area contributed by atoms with Crippen molar-refractivity contribution in [2.45, 2.75) is 19.8 Å². The van der Waals surface area contributed by atoms with Crippen molar-refractivity contribution in [1.29, 1.82) is 0 Å². The first kappa shape index (κ1) is 12.9. The lowest BCUT2D eigenvalue weighted by molar-refractivity contribution is 0.0757. The SMILES string of the molecule is CCN(CC1CC1)C(=O)c1cc(Br)ccc1Cl. The molecule has 1 amide bonds. The Kier molecular flexibility index (Phi) is 4.10. The minimum Gasteiger partial charge on any atom is -0.339 e. The van der Waals surface area contributed by atoms with Crippen molar-refractivity contribution in [1.82, 2.24) is 4.90 Å². The maximum absolute atomic E-state index is 12.3. The van der Waals surface area contributed by atoms with Gasteiger partial charge in [0.2, 0.25) is 0 Å². The zero-order valence-electron chi connectivity index (χ0n) is 9.75. The lowest BCUT2D eigenvalue weighted by atomic mass is 10.2. The molecular weight excluding hydrogens is 302 g/mol. The van der Waals surface area contributed by atoms with Crippen LogP contribution in [0.3, 0.4) is 0 Å². The molecule has 2 nitrogen and oxygen atoms in total. The van der Waals surface area contributed by atoms with Gasteiger partial charge in [0.05, 0.1) is 10.6 Å². The van der Waals surface area contributed by atoms with Gasteiger partial charge >= 0.3 is 0 Å². The van der Waals surface area contributed by atoms with Crippen LogP contribution in [0.2, 0.25) is 5.02 Å². The van der Waals surface area contributed by atoms with Crippen LogP contribution in [0.25, 0.3) is 0 Å². The van der Waals surface area contributed by atoms with Crippen molar-refractivity contribution in [2.75, 3.05) is 13.1 Å². The second-order valence-corrected chi connectivity index (χ2v) is 5.73. The van der Waals surface area contributed by atoms with Crippen molar-refractivity contribution >= 4 is 33.4 Å². The average molecular weight is 317 g/mol. The number of halogens is 2. The van der Waals surface area contributed by atoms with Crippen LogP contribution < -0.4 is 0 Å². The number of hydrogen-bond acceptors (Lipinski definition) is 1. The van der Waals surface area contributed by atoms with Gasteiger partial charge in [-0.2, -0.15) is 0 Å². The smallest absolute Gasteiger partial charge is 0.255 e. The topological polar surface area (TPSA) is 20.3 Å². The Morgan fingerprint density at radius 3 is 2.82 bits per heavy atom. The first-order chi connectivity index (χ1) is 8.11. The van der Waals surface area contributed by atoms with Gasteiger partial charge in [-0.25, -0.2) is 0 Å². The van der Waals surface area contributed by atoms with Crippen LogP contribution >= 0.6 is 27.5 Å². The predicted molar refractivity (Wildman–Crippen MR) is 73.5 cm³/mol. The molecule has 0 aliphatic heterocycles. The van der Waals surface area contributed by atoms with Gasteiger partial charge in [-0.15, -0.1) is 0 Å². The largest absolute Gasteiger partial charge is 0.339 e. The molecule has 0 heterocycles. The van der Waals surface area contributed by atoms with Gasteiger partial charge in [0.25, 0.3) is 5.91 Å². The van der Waals surface area contributed by atoms with Crippen LogP contribution in [0.4, 0.5) is 0 Å². The molecule has 1 saturated carbocycles. The molecule has 0 N–H and O–H groups in total. The van der Waals surface area contributed by atoms with Crippen LogP contribution in [0.5, 0.6) is 0 Å². The highest BCUT2D eigenvalue weighted by atomic mass is 79.9. The summed E-state index contributed by atoms with van der Waals surface area (Å²) in [4.78, 5) is 14.2. The molecule has 2 rings (SSSR count). The van der Waals surface area contributed by atoms with E-state index in [9.17, 15) is 4.79 Å². The molecule has 0 saturated heterocycles. The first-order valence-electron chi connectivity index (χ1n) is 5.86. The maximum Gasteiger partial charge on any atom is 0.255 e. The summed E-state index contributed by atoms with van der Waals surface area (Å²) in [6.45, 7) is 3.60. The number of amides is 1. The van der Waals surface area contributed by atoms with Crippen molar-refractivity contribution in [2.24, 2.45) is 5.92 Å². The maximum atomic E-state index is 12.3. The monoisotopic (exact) mass is 315 g/mol. The molecule has 0 bridgehead atoms. The quantitative estimate of drug-likeness (QED) is 0.823. The summed E-state index contributed by atoms with van der Waals surface area (Å²) in [7, 11) is 0. The minimum atomic E-state index is 0.0331. The number of carbonyl (C=O) groups excluding carboxylic acids is 1. The Hall–Kier alpha value is -0.540. The highest BCUT2D eigenvalue weighted by Gasteiger charge is 2.27. The van der Waals surface area contributed by atoms with Crippen LogP contribution in [-0.2, 0) is 0 Å². The van der Waals surface area contributed by atoms with E-state index >= 15 is 0 Å². The second-order valence-electron chi connectivity index (χ2n) is 4.41. The molecule has 0 unspecified atom stereocenters. The molecule has 1 aromatic carbocycles. The number of carbonyl (C=O) groups is 1. The zero-order valence-corrected chi connectivity index (χ0v) is 12.1. The minimum absolute atomic E-state index is 0.0331. The molecular formula is C13H15BrClNO. The number of benzene rings is 1. The Balaban J connectivity index is 2.18. The molecule has 4 heteroatoms. The van der Waals surface area contributed by atoms with Crippen LogP contribution in [0.15, 0.2) is 22.7 Å². The van der Waals surface area contributed by atoms with Crippen molar-refractivity contribution in [3.63, 3.8) is 0 Å². The average Bonchev–Trinajstić information content (AvgIpc) is 3.12. The highest BCUT2D eigenvalue weighted by Crippen LogP contribution is 2.31. The summed E-state index contributed by atoms with van der Waals surface area (Å²) < 4.78 is 0.882.